The second-order valence-electron chi connectivity index (χ2n) is 4.13. The maximum Gasteiger partial charge on any atom is 0.0583 e. The molecule has 0 rings (SSSR count). The largest absolute Gasteiger partial charge is 0.379 e. The minimum absolute atomic E-state index is 0.400. The molecule has 0 saturated carbocycles. The normalized spacial score (nSPS) is 15.2. The summed E-state index contributed by atoms with van der Waals surface area (Å²) >= 11 is 8.97. The summed E-state index contributed by atoms with van der Waals surface area (Å²) in [5.74, 6) is 0. The second-order valence-corrected chi connectivity index (χ2v) is 5.59. The summed E-state index contributed by atoms with van der Waals surface area (Å²) in [7, 11) is 0. The molecule has 0 aliphatic rings. The summed E-state index contributed by atoms with van der Waals surface area (Å²) < 4.78 is 5.60. The van der Waals surface area contributed by atoms with Crippen LogP contribution in [0.4, 0.5) is 0 Å². The first-order chi connectivity index (χ1) is 7.20. The topological polar surface area (TPSA) is 9.23 Å². The van der Waals surface area contributed by atoms with Crippen molar-refractivity contribution in [2.45, 2.75) is 62.9 Å². The van der Waals surface area contributed by atoms with Crippen molar-refractivity contribution in [1.29, 1.82) is 0 Å². The van der Waals surface area contributed by atoms with E-state index in [9.17, 15) is 0 Å². The molecule has 0 spiro atoms. The van der Waals surface area contributed by atoms with Gasteiger partial charge in [-0.05, 0) is 12.8 Å². The molecule has 0 aromatic rings. The van der Waals surface area contributed by atoms with Crippen molar-refractivity contribution in [3.05, 3.63) is 0 Å². The number of ether oxygens (including phenoxy) is 1. The molecule has 2 unspecified atom stereocenters. The fourth-order valence-electron chi connectivity index (χ4n) is 1.39. The van der Waals surface area contributed by atoms with Gasteiger partial charge in [-0.25, -0.2) is 0 Å². The van der Waals surface area contributed by atoms with Gasteiger partial charge in [0.25, 0.3) is 0 Å². The molecule has 0 fully saturated rings. The summed E-state index contributed by atoms with van der Waals surface area (Å²) in [6, 6.07) is 0. The first-order valence-corrected chi connectivity index (χ1v) is 7.17. The fraction of sp³-hybridized carbons (Fsp3) is 1.00. The molecule has 0 radical (unpaired) electrons. The molecule has 0 aromatic heterocycles. The first-order valence-electron chi connectivity index (χ1n) is 6.14. The summed E-state index contributed by atoms with van der Waals surface area (Å²) in [6.45, 7) is 5.95. The Morgan fingerprint density at radius 2 is 1.27 bits per heavy atom. The first kappa shape index (κ1) is 15.7. The standard InChI is InChI=1S/C12H26OS2/c1-3-5-7-11(14)9-13-10-12(15)8-6-4-2/h11-12,14-15H,3-10H2,1-2H3. The van der Waals surface area contributed by atoms with Gasteiger partial charge in [0.1, 0.15) is 0 Å². The molecular formula is C12H26OS2. The highest BCUT2D eigenvalue weighted by atomic mass is 32.1. The van der Waals surface area contributed by atoms with Gasteiger partial charge in [-0.2, -0.15) is 25.3 Å². The van der Waals surface area contributed by atoms with E-state index < -0.39 is 0 Å². The molecule has 0 aliphatic carbocycles. The molecule has 0 amide bonds. The second kappa shape index (κ2) is 11.2. The van der Waals surface area contributed by atoms with Crippen LogP contribution in [0.5, 0.6) is 0 Å². The van der Waals surface area contributed by atoms with Crippen LogP contribution in [0.15, 0.2) is 0 Å². The third-order valence-corrected chi connectivity index (χ3v) is 3.22. The van der Waals surface area contributed by atoms with Gasteiger partial charge in [0.2, 0.25) is 0 Å². The Hall–Kier alpha value is 0.660. The molecule has 0 N–H and O–H groups in total. The lowest BCUT2D eigenvalue weighted by molar-refractivity contribution is 0.133. The predicted octanol–water partition coefficient (Wildman–Crippen LogP) is 3.98. The minimum atomic E-state index is 0.400. The Labute approximate surface area is 106 Å². The lowest BCUT2D eigenvalue weighted by Crippen LogP contribution is -2.15. The third kappa shape index (κ3) is 10.9. The summed E-state index contributed by atoms with van der Waals surface area (Å²) in [5.41, 5.74) is 0. The molecular weight excluding hydrogens is 224 g/mol. The van der Waals surface area contributed by atoms with Crippen LogP contribution in [0.25, 0.3) is 0 Å². The molecule has 0 saturated heterocycles. The number of rotatable bonds is 10. The molecule has 0 bridgehead atoms. The van der Waals surface area contributed by atoms with Crippen molar-refractivity contribution in [1.82, 2.24) is 0 Å². The van der Waals surface area contributed by atoms with Gasteiger partial charge in [0.05, 0.1) is 13.2 Å². The molecule has 1 nitrogen and oxygen atoms in total. The SMILES string of the molecule is CCCCC(S)COCC(S)CCCC. The summed E-state index contributed by atoms with van der Waals surface area (Å²) in [5, 5.41) is 0.799. The molecule has 0 aliphatic heterocycles. The lowest BCUT2D eigenvalue weighted by atomic mass is 10.2. The summed E-state index contributed by atoms with van der Waals surface area (Å²) in [4.78, 5) is 0. The highest BCUT2D eigenvalue weighted by molar-refractivity contribution is 7.81. The summed E-state index contributed by atoms with van der Waals surface area (Å²) in [6.07, 6.45) is 7.29. The fourth-order valence-corrected chi connectivity index (χ4v) is 1.96. The van der Waals surface area contributed by atoms with E-state index in [-0.39, 0.29) is 0 Å². The maximum atomic E-state index is 5.60. The van der Waals surface area contributed by atoms with E-state index in [0.717, 1.165) is 26.1 Å². The van der Waals surface area contributed by atoms with Crippen molar-refractivity contribution in [3.8, 4) is 0 Å². The van der Waals surface area contributed by atoms with Crippen LogP contribution in [0.2, 0.25) is 0 Å². The zero-order valence-electron chi connectivity index (χ0n) is 10.1. The van der Waals surface area contributed by atoms with E-state index in [1.54, 1.807) is 0 Å². The van der Waals surface area contributed by atoms with Crippen LogP contribution in [-0.4, -0.2) is 23.7 Å². The zero-order valence-corrected chi connectivity index (χ0v) is 11.9. The molecule has 2 atom stereocenters. The van der Waals surface area contributed by atoms with E-state index in [1.165, 1.54) is 25.7 Å². The van der Waals surface area contributed by atoms with Gasteiger partial charge in [0, 0.05) is 10.5 Å². The average molecular weight is 250 g/mol. The van der Waals surface area contributed by atoms with Gasteiger partial charge in [-0.3, -0.25) is 0 Å². The zero-order chi connectivity index (χ0) is 11.5. The van der Waals surface area contributed by atoms with E-state index in [2.05, 4.69) is 39.1 Å². The maximum absolute atomic E-state index is 5.60. The Bertz CT molecular complexity index is 117. The number of unbranched alkanes of at least 4 members (excludes halogenated alkanes) is 2. The van der Waals surface area contributed by atoms with Gasteiger partial charge in [0.15, 0.2) is 0 Å². The van der Waals surface area contributed by atoms with Gasteiger partial charge < -0.3 is 4.74 Å². The predicted molar refractivity (Wildman–Crippen MR) is 75.4 cm³/mol. The van der Waals surface area contributed by atoms with Gasteiger partial charge in [-0.1, -0.05) is 39.5 Å². The van der Waals surface area contributed by atoms with Gasteiger partial charge in [-0.15, -0.1) is 0 Å². The number of thiol groups is 2. The molecule has 3 heteroatoms. The van der Waals surface area contributed by atoms with Crippen molar-refractivity contribution >= 4 is 25.3 Å². The molecule has 92 valence electrons. The number of hydrogen-bond donors (Lipinski definition) is 2. The van der Waals surface area contributed by atoms with E-state index >= 15 is 0 Å². The average Bonchev–Trinajstić information content (AvgIpc) is 2.23. The highest BCUT2D eigenvalue weighted by Gasteiger charge is 2.05. The highest BCUT2D eigenvalue weighted by Crippen LogP contribution is 2.10. The molecule has 15 heavy (non-hydrogen) atoms. The smallest absolute Gasteiger partial charge is 0.0583 e. The Morgan fingerprint density at radius 1 is 0.867 bits per heavy atom. The van der Waals surface area contributed by atoms with Gasteiger partial charge >= 0.3 is 0 Å². The van der Waals surface area contributed by atoms with Crippen LogP contribution < -0.4 is 0 Å². The van der Waals surface area contributed by atoms with Crippen molar-refractivity contribution in [2.75, 3.05) is 13.2 Å². The molecule has 0 heterocycles. The van der Waals surface area contributed by atoms with E-state index in [4.69, 9.17) is 4.74 Å². The van der Waals surface area contributed by atoms with E-state index in [1.807, 2.05) is 0 Å². The third-order valence-electron chi connectivity index (χ3n) is 2.40. The van der Waals surface area contributed by atoms with Crippen molar-refractivity contribution in [2.24, 2.45) is 0 Å². The van der Waals surface area contributed by atoms with Crippen LogP contribution in [0.1, 0.15) is 52.4 Å². The number of hydrogen-bond acceptors (Lipinski definition) is 3. The Kier molecular flexibility index (Phi) is 11.6. The van der Waals surface area contributed by atoms with Crippen molar-refractivity contribution < 1.29 is 4.74 Å². The Morgan fingerprint density at radius 3 is 1.60 bits per heavy atom. The van der Waals surface area contributed by atoms with Crippen molar-refractivity contribution in [3.63, 3.8) is 0 Å². The quantitative estimate of drug-likeness (QED) is 0.558. The lowest BCUT2D eigenvalue weighted by Gasteiger charge is -2.14. The van der Waals surface area contributed by atoms with Crippen LogP contribution >= 0.6 is 25.3 Å². The Balaban J connectivity index is 3.27. The van der Waals surface area contributed by atoms with Crippen LogP contribution in [0.3, 0.4) is 0 Å². The van der Waals surface area contributed by atoms with Crippen LogP contribution in [-0.2, 0) is 4.74 Å². The monoisotopic (exact) mass is 250 g/mol. The minimum Gasteiger partial charge on any atom is -0.379 e. The molecule has 0 aromatic carbocycles. The van der Waals surface area contributed by atoms with E-state index in [0.29, 0.717) is 10.5 Å². The van der Waals surface area contributed by atoms with Crippen LogP contribution in [0, 0.1) is 0 Å².